The van der Waals surface area contributed by atoms with Crippen LogP contribution in [-0.4, -0.2) is 32.6 Å². The van der Waals surface area contributed by atoms with Crippen LogP contribution < -0.4 is 10.6 Å². The summed E-state index contributed by atoms with van der Waals surface area (Å²) in [6.45, 7) is 0.144. The molecule has 0 radical (unpaired) electrons. The van der Waals surface area contributed by atoms with Crippen molar-refractivity contribution in [3.63, 3.8) is 0 Å². The van der Waals surface area contributed by atoms with E-state index in [1.54, 1.807) is 7.05 Å². The van der Waals surface area contributed by atoms with E-state index >= 15 is 0 Å². The smallest absolute Gasteiger partial charge is 0.293 e. The molecule has 9 nitrogen and oxygen atoms in total. The number of nitro groups is 1. The van der Waals surface area contributed by atoms with Crippen LogP contribution in [0.25, 0.3) is 0 Å². The molecular weight excluding hydrogens is 276 g/mol. The highest BCUT2D eigenvalue weighted by atomic mass is 16.6. The van der Waals surface area contributed by atoms with Crippen LogP contribution in [-0.2, 0) is 13.6 Å². The molecular formula is C12H14N6O3. The molecule has 0 atom stereocenters. The van der Waals surface area contributed by atoms with Crippen molar-refractivity contribution in [3.8, 4) is 0 Å². The Kier molecular flexibility index (Phi) is 4.12. The molecule has 110 valence electrons. The van der Waals surface area contributed by atoms with Crippen LogP contribution in [0.5, 0.6) is 0 Å². The Labute approximate surface area is 120 Å². The molecule has 1 amide bonds. The van der Waals surface area contributed by atoms with E-state index in [-0.39, 0.29) is 23.5 Å². The number of hydrogen-bond donors (Lipinski definition) is 2. The van der Waals surface area contributed by atoms with E-state index < -0.39 is 10.8 Å². The molecule has 2 rings (SSSR count). The molecule has 2 N–H and O–H groups in total. The van der Waals surface area contributed by atoms with E-state index in [2.05, 4.69) is 20.7 Å². The highest BCUT2D eigenvalue weighted by Gasteiger charge is 2.20. The predicted molar refractivity (Wildman–Crippen MR) is 74.8 cm³/mol. The Morgan fingerprint density at radius 2 is 2.24 bits per heavy atom. The molecule has 0 fully saturated rings. The van der Waals surface area contributed by atoms with Gasteiger partial charge in [0.05, 0.1) is 17.0 Å². The minimum Gasteiger partial charge on any atom is -0.382 e. The number of rotatable bonds is 5. The van der Waals surface area contributed by atoms with E-state index in [0.717, 1.165) is 0 Å². The van der Waals surface area contributed by atoms with E-state index in [0.29, 0.717) is 5.82 Å². The lowest BCUT2D eigenvalue weighted by atomic mass is 10.1. The van der Waals surface area contributed by atoms with Gasteiger partial charge in [0, 0.05) is 20.2 Å². The summed E-state index contributed by atoms with van der Waals surface area (Å²) in [6, 6.07) is 4.32. The van der Waals surface area contributed by atoms with Gasteiger partial charge in [-0.25, -0.2) is 4.98 Å². The summed E-state index contributed by atoms with van der Waals surface area (Å²) >= 11 is 0. The van der Waals surface area contributed by atoms with Gasteiger partial charge in [-0.3, -0.25) is 19.6 Å². The summed E-state index contributed by atoms with van der Waals surface area (Å²) in [6.07, 6.45) is 1.52. The molecule has 0 aliphatic heterocycles. The second kappa shape index (κ2) is 5.99. The molecule has 0 saturated heterocycles. The van der Waals surface area contributed by atoms with Gasteiger partial charge < -0.3 is 10.6 Å². The first-order chi connectivity index (χ1) is 10.0. The molecule has 21 heavy (non-hydrogen) atoms. The predicted octanol–water partition coefficient (Wildman–Crippen LogP) is 0.695. The van der Waals surface area contributed by atoms with Gasteiger partial charge in [-0.05, 0) is 6.07 Å². The van der Waals surface area contributed by atoms with Crippen LogP contribution in [0.15, 0.2) is 24.5 Å². The van der Waals surface area contributed by atoms with Crippen molar-refractivity contribution in [1.29, 1.82) is 0 Å². The van der Waals surface area contributed by atoms with Crippen molar-refractivity contribution >= 4 is 17.3 Å². The fourth-order valence-electron chi connectivity index (χ4n) is 1.86. The van der Waals surface area contributed by atoms with E-state index in [1.165, 1.54) is 36.3 Å². The first-order valence-electron chi connectivity index (χ1n) is 6.10. The van der Waals surface area contributed by atoms with Gasteiger partial charge in [0.15, 0.2) is 5.82 Å². The fraction of sp³-hybridized carbons (Fsp3) is 0.250. The van der Waals surface area contributed by atoms with Crippen molar-refractivity contribution in [1.82, 2.24) is 20.1 Å². The lowest BCUT2D eigenvalue weighted by molar-refractivity contribution is -0.384. The Balaban J connectivity index is 2.19. The topological polar surface area (TPSA) is 115 Å². The summed E-state index contributed by atoms with van der Waals surface area (Å²) in [4.78, 5) is 26.5. The van der Waals surface area contributed by atoms with Gasteiger partial charge in [0.25, 0.3) is 11.6 Å². The summed E-state index contributed by atoms with van der Waals surface area (Å²) < 4.78 is 1.52. The molecule has 0 spiro atoms. The number of aryl methyl sites for hydroxylation is 1. The zero-order chi connectivity index (χ0) is 15.4. The minimum absolute atomic E-state index is 0.144. The van der Waals surface area contributed by atoms with Crippen molar-refractivity contribution in [2.24, 2.45) is 7.05 Å². The molecule has 9 heteroatoms. The van der Waals surface area contributed by atoms with Crippen molar-refractivity contribution in [2.45, 2.75) is 6.54 Å². The highest BCUT2D eigenvalue weighted by molar-refractivity contribution is 6.01. The maximum atomic E-state index is 12.1. The second-order valence-corrected chi connectivity index (χ2v) is 4.22. The van der Waals surface area contributed by atoms with Gasteiger partial charge >= 0.3 is 0 Å². The third kappa shape index (κ3) is 3.14. The number of nitro benzene ring substituents is 1. The van der Waals surface area contributed by atoms with Gasteiger partial charge in [0.2, 0.25) is 0 Å². The molecule has 0 bridgehead atoms. The number of carbonyl (C=O) groups is 1. The van der Waals surface area contributed by atoms with Crippen molar-refractivity contribution in [2.75, 3.05) is 12.4 Å². The van der Waals surface area contributed by atoms with Gasteiger partial charge in [0.1, 0.15) is 12.0 Å². The maximum Gasteiger partial charge on any atom is 0.293 e. The number of benzene rings is 1. The standard InChI is InChI=1S/C12H14N6O3/c1-13-11-8(4-3-5-9(11)18(20)21)12(19)14-6-10-15-7-17(2)16-10/h3-5,7,13H,6H2,1-2H3,(H,14,19). The summed E-state index contributed by atoms with van der Waals surface area (Å²) in [5.74, 6) is 0.0257. The van der Waals surface area contributed by atoms with Crippen LogP contribution in [0.2, 0.25) is 0 Å². The largest absolute Gasteiger partial charge is 0.382 e. The number of anilines is 1. The van der Waals surface area contributed by atoms with Crippen molar-refractivity contribution < 1.29 is 9.72 Å². The zero-order valence-corrected chi connectivity index (χ0v) is 11.5. The molecule has 2 aromatic rings. The van der Waals surface area contributed by atoms with Crippen molar-refractivity contribution in [3.05, 3.63) is 46.0 Å². The molecule has 0 unspecified atom stereocenters. The lowest BCUT2D eigenvalue weighted by Gasteiger charge is -2.09. The number of hydrogen-bond acceptors (Lipinski definition) is 6. The van der Waals surface area contributed by atoms with E-state index in [9.17, 15) is 14.9 Å². The summed E-state index contributed by atoms with van der Waals surface area (Å²) in [7, 11) is 3.25. The van der Waals surface area contributed by atoms with Crippen LogP contribution in [0.3, 0.4) is 0 Å². The average Bonchev–Trinajstić information content (AvgIpc) is 2.89. The molecule has 0 saturated carbocycles. The van der Waals surface area contributed by atoms with Crippen LogP contribution >= 0.6 is 0 Å². The Bertz CT molecular complexity index is 681. The first-order valence-corrected chi connectivity index (χ1v) is 6.10. The van der Waals surface area contributed by atoms with Crippen LogP contribution in [0.4, 0.5) is 11.4 Å². The average molecular weight is 290 g/mol. The minimum atomic E-state index is -0.539. The lowest BCUT2D eigenvalue weighted by Crippen LogP contribution is -2.24. The quantitative estimate of drug-likeness (QED) is 0.618. The Morgan fingerprint density at radius 1 is 1.48 bits per heavy atom. The second-order valence-electron chi connectivity index (χ2n) is 4.22. The number of aromatic nitrogens is 3. The third-order valence-electron chi connectivity index (χ3n) is 2.79. The maximum absolute atomic E-state index is 12.1. The molecule has 0 aliphatic carbocycles. The number of carbonyl (C=O) groups excluding carboxylic acids is 1. The van der Waals surface area contributed by atoms with Gasteiger partial charge in [-0.2, -0.15) is 5.10 Å². The third-order valence-corrected chi connectivity index (χ3v) is 2.79. The summed E-state index contributed by atoms with van der Waals surface area (Å²) in [5.41, 5.74) is 0.220. The molecule has 1 aromatic heterocycles. The van der Waals surface area contributed by atoms with E-state index in [1.807, 2.05) is 0 Å². The van der Waals surface area contributed by atoms with Gasteiger partial charge in [-0.15, -0.1) is 0 Å². The number of amides is 1. The zero-order valence-electron chi connectivity index (χ0n) is 11.5. The summed E-state index contributed by atoms with van der Waals surface area (Å²) in [5, 5.41) is 20.3. The highest BCUT2D eigenvalue weighted by Crippen LogP contribution is 2.27. The normalized spacial score (nSPS) is 10.2. The SMILES string of the molecule is CNc1c(C(=O)NCc2ncn(C)n2)cccc1[N+](=O)[O-]. The monoisotopic (exact) mass is 290 g/mol. The van der Waals surface area contributed by atoms with Crippen LogP contribution in [0, 0.1) is 10.1 Å². The Hall–Kier alpha value is -2.97. The molecule has 1 aromatic carbocycles. The van der Waals surface area contributed by atoms with Crippen LogP contribution in [0.1, 0.15) is 16.2 Å². The molecule has 0 aliphatic rings. The fourth-order valence-corrected chi connectivity index (χ4v) is 1.86. The first kappa shape index (κ1) is 14.4. The number of nitrogens with one attached hydrogen (secondary N) is 2. The number of nitrogens with zero attached hydrogens (tertiary/aromatic N) is 4. The number of para-hydroxylation sites is 1. The van der Waals surface area contributed by atoms with E-state index in [4.69, 9.17) is 0 Å². The molecule has 1 heterocycles. The van der Waals surface area contributed by atoms with Gasteiger partial charge in [-0.1, -0.05) is 6.07 Å². The Morgan fingerprint density at radius 3 is 2.81 bits per heavy atom.